The molecule has 1 N–H and O–H groups in total. The van der Waals surface area contributed by atoms with E-state index in [0.717, 1.165) is 30.8 Å². The quantitative estimate of drug-likeness (QED) is 0.900. The number of nitrogens with zero attached hydrogens (tertiary/aromatic N) is 1. The van der Waals surface area contributed by atoms with Gasteiger partial charge in [0.25, 0.3) is 0 Å². The molecule has 1 aliphatic heterocycles. The predicted molar refractivity (Wildman–Crippen MR) is 79.2 cm³/mol. The van der Waals surface area contributed by atoms with Crippen molar-refractivity contribution in [3.05, 3.63) is 29.6 Å². The Balaban J connectivity index is 2.19. The molecule has 2 atom stereocenters. The van der Waals surface area contributed by atoms with Crippen molar-refractivity contribution >= 4 is 5.69 Å². The topological polar surface area (TPSA) is 15.3 Å². The molecule has 19 heavy (non-hydrogen) atoms. The van der Waals surface area contributed by atoms with Crippen LogP contribution in [0.5, 0.6) is 0 Å². The van der Waals surface area contributed by atoms with E-state index in [1.54, 1.807) is 0 Å². The highest BCUT2D eigenvalue weighted by Gasteiger charge is 2.26. The molecule has 1 saturated heterocycles. The maximum Gasteiger partial charge on any atom is 0.128 e. The number of benzene rings is 1. The van der Waals surface area contributed by atoms with E-state index in [4.69, 9.17) is 0 Å². The minimum Gasteiger partial charge on any atom is -0.366 e. The van der Waals surface area contributed by atoms with Gasteiger partial charge in [0.1, 0.15) is 5.82 Å². The number of piperazine rings is 1. The van der Waals surface area contributed by atoms with Crippen molar-refractivity contribution in [3.8, 4) is 0 Å². The third kappa shape index (κ3) is 3.27. The molecule has 0 saturated carbocycles. The molecule has 1 aliphatic rings. The van der Waals surface area contributed by atoms with Gasteiger partial charge in [-0.1, -0.05) is 19.9 Å². The standard InChI is InChI=1S/C16H25FN2/c1-11(2)8-14-10-19(12(3)9-18-14)16-7-5-6-15(17)13(16)4/h5-7,11-12,14,18H,8-10H2,1-4H3. The molecule has 2 unspecified atom stereocenters. The van der Waals surface area contributed by atoms with Gasteiger partial charge in [0.05, 0.1) is 0 Å². The third-order valence-corrected chi connectivity index (χ3v) is 3.96. The van der Waals surface area contributed by atoms with Crippen LogP contribution in [-0.2, 0) is 0 Å². The zero-order valence-corrected chi connectivity index (χ0v) is 12.4. The van der Waals surface area contributed by atoms with Gasteiger partial charge in [0.15, 0.2) is 0 Å². The second-order valence-electron chi connectivity index (χ2n) is 6.12. The first-order valence-corrected chi connectivity index (χ1v) is 7.24. The summed E-state index contributed by atoms with van der Waals surface area (Å²) in [6, 6.07) is 6.29. The molecule has 0 spiro atoms. The second-order valence-corrected chi connectivity index (χ2v) is 6.12. The molecular formula is C16H25FN2. The summed E-state index contributed by atoms with van der Waals surface area (Å²) in [6.45, 7) is 10.5. The molecule has 0 aliphatic carbocycles. The lowest BCUT2D eigenvalue weighted by molar-refractivity contribution is 0.355. The van der Waals surface area contributed by atoms with E-state index < -0.39 is 0 Å². The van der Waals surface area contributed by atoms with Crippen LogP contribution in [0.25, 0.3) is 0 Å². The summed E-state index contributed by atoms with van der Waals surface area (Å²) in [6.07, 6.45) is 1.16. The summed E-state index contributed by atoms with van der Waals surface area (Å²) in [5, 5.41) is 3.60. The predicted octanol–water partition coefficient (Wildman–Crippen LogP) is 3.35. The van der Waals surface area contributed by atoms with Crippen LogP contribution in [0.3, 0.4) is 0 Å². The molecule has 3 heteroatoms. The Morgan fingerprint density at radius 2 is 2.16 bits per heavy atom. The van der Waals surface area contributed by atoms with Crippen molar-refractivity contribution in [1.29, 1.82) is 0 Å². The molecule has 2 nitrogen and oxygen atoms in total. The molecule has 1 aromatic carbocycles. The van der Waals surface area contributed by atoms with Crippen LogP contribution >= 0.6 is 0 Å². The van der Waals surface area contributed by atoms with E-state index in [0.29, 0.717) is 18.0 Å². The van der Waals surface area contributed by atoms with Crippen molar-refractivity contribution in [3.63, 3.8) is 0 Å². The first kappa shape index (κ1) is 14.3. The molecule has 106 valence electrons. The molecular weight excluding hydrogens is 239 g/mol. The molecule has 0 bridgehead atoms. The highest BCUT2D eigenvalue weighted by atomic mass is 19.1. The zero-order valence-electron chi connectivity index (χ0n) is 12.4. The van der Waals surface area contributed by atoms with E-state index in [1.807, 2.05) is 19.1 Å². The van der Waals surface area contributed by atoms with Crippen LogP contribution in [-0.4, -0.2) is 25.2 Å². The molecule has 0 aromatic heterocycles. The first-order chi connectivity index (χ1) is 8.99. The lowest BCUT2D eigenvalue weighted by atomic mass is 9.99. The van der Waals surface area contributed by atoms with Gasteiger partial charge < -0.3 is 10.2 Å². The fourth-order valence-corrected chi connectivity index (χ4v) is 2.90. The number of halogens is 1. The molecule has 2 rings (SSSR count). The lowest BCUT2D eigenvalue weighted by Crippen LogP contribution is -2.56. The fourth-order valence-electron chi connectivity index (χ4n) is 2.90. The molecule has 0 radical (unpaired) electrons. The third-order valence-electron chi connectivity index (χ3n) is 3.96. The van der Waals surface area contributed by atoms with E-state index in [1.165, 1.54) is 6.07 Å². The van der Waals surface area contributed by atoms with Crippen LogP contribution < -0.4 is 10.2 Å². The Bertz CT molecular complexity index is 431. The largest absolute Gasteiger partial charge is 0.366 e. The monoisotopic (exact) mass is 264 g/mol. The van der Waals surface area contributed by atoms with Crippen molar-refractivity contribution in [2.45, 2.75) is 46.2 Å². The smallest absolute Gasteiger partial charge is 0.128 e. The van der Waals surface area contributed by atoms with Gasteiger partial charge in [-0.05, 0) is 38.3 Å². The Labute approximate surface area is 116 Å². The van der Waals surface area contributed by atoms with E-state index in [-0.39, 0.29) is 5.82 Å². The summed E-state index contributed by atoms with van der Waals surface area (Å²) in [5.41, 5.74) is 1.81. The number of nitrogens with one attached hydrogen (secondary N) is 1. The van der Waals surface area contributed by atoms with Gasteiger partial charge in [-0.2, -0.15) is 0 Å². The van der Waals surface area contributed by atoms with Gasteiger partial charge >= 0.3 is 0 Å². The normalized spacial score (nSPS) is 24.0. The van der Waals surface area contributed by atoms with Crippen molar-refractivity contribution in [1.82, 2.24) is 5.32 Å². The van der Waals surface area contributed by atoms with E-state index in [2.05, 4.69) is 31.0 Å². The van der Waals surface area contributed by atoms with Gasteiger partial charge in [-0.3, -0.25) is 0 Å². The number of hydrogen-bond donors (Lipinski definition) is 1. The Hall–Kier alpha value is -1.09. The van der Waals surface area contributed by atoms with Crippen LogP contribution in [0.4, 0.5) is 10.1 Å². The number of hydrogen-bond acceptors (Lipinski definition) is 2. The molecule has 1 heterocycles. The maximum atomic E-state index is 13.7. The van der Waals surface area contributed by atoms with Gasteiger partial charge in [0.2, 0.25) is 0 Å². The molecule has 1 fully saturated rings. The van der Waals surface area contributed by atoms with Crippen LogP contribution in [0.2, 0.25) is 0 Å². The number of anilines is 1. The second kappa shape index (κ2) is 5.91. The molecule has 0 amide bonds. The highest BCUT2D eigenvalue weighted by Crippen LogP contribution is 2.26. The zero-order chi connectivity index (χ0) is 14.0. The summed E-state index contributed by atoms with van der Waals surface area (Å²) in [4.78, 5) is 2.35. The summed E-state index contributed by atoms with van der Waals surface area (Å²) in [5.74, 6) is 0.574. The average Bonchev–Trinajstić information content (AvgIpc) is 2.35. The lowest BCUT2D eigenvalue weighted by Gasteiger charge is -2.41. The minimum absolute atomic E-state index is 0.108. The maximum absolute atomic E-state index is 13.7. The van der Waals surface area contributed by atoms with Crippen molar-refractivity contribution in [2.75, 3.05) is 18.0 Å². The average molecular weight is 264 g/mol. The minimum atomic E-state index is -0.108. The molecule has 1 aromatic rings. The van der Waals surface area contributed by atoms with Gasteiger partial charge in [-0.15, -0.1) is 0 Å². The Morgan fingerprint density at radius 3 is 2.84 bits per heavy atom. The van der Waals surface area contributed by atoms with Crippen molar-refractivity contribution in [2.24, 2.45) is 5.92 Å². The van der Waals surface area contributed by atoms with Crippen LogP contribution in [0.1, 0.15) is 32.8 Å². The Kier molecular flexibility index (Phi) is 4.46. The SMILES string of the molecule is Cc1c(F)cccc1N1CC(CC(C)C)NCC1C. The summed E-state index contributed by atoms with van der Waals surface area (Å²) >= 11 is 0. The summed E-state index contributed by atoms with van der Waals surface area (Å²) in [7, 11) is 0. The van der Waals surface area contributed by atoms with Crippen LogP contribution in [0.15, 0.2) is 18.2 Å². The Morgan fingerprint density at radius 1 is 1.42 bits per heavy atom. The van der Waals surface area contributed by atoms with E-state index in [9.17, 15) is 4.39 Å². The summed E-state index contributed by atoms with van der Waals surface area (Å²) < 4.78 is 13.7. The van der Waals surface area contributed by atoms with Crippen LogP contribution in [0, 0.1) is 18.7 Å². The van der Waals surface area contributed by atoms with Crippen molar-refractivity contribution < 1.29 is 4.39 Å². The van der Waals surface area contributed by atoms with Gasteiger partial charge in [0, 0.05) is 36.4 Å². The van der Waals surface area contributed by atoms with Gasteiger partial charge in [-0.25, -0.2) is 4.39 Å². The highest BCUT2D eigenvalue weighted by molar-refractivity contribution is 5.55. The van der Waals surface area contributed by atoms with E-state index >= 15 is 0 Å². The first-order valence-electron chi connectivity index (χ1n) is 7.24. The number of rotatable bonds is 3. The fraction of sp³-hybridized carbons (Fsp3) is 0.625.